The van der Waals surface area contributed by atoms with Gasteiger partial charge in [-0.1, -0.05) is 58.2 Å². The van der Waals surface area contributed by atoms with E-state index in [0.717, 1.165) is 53.5 Å². The van der Waals surface area contributed by atoms with E-state index in [2.05, 4.69) is 10.1 Å². The molecule has 0 unspecified atom stereocenters. The lowest BCUT2D eigenvalue weighted by atomic mass is 9.78. The number of rotatable bonds is 6. The van der Waals surface area contributed by atoms with Gasteiger partial charge in [0.1, 0.15) is 11.5 Å². The Hall–Kier alpha value is -2.15. The van der Waals surface area contributed by atoms with E-state index in [-0.39, 0.29) is 6.10 Å². The standard InChI is InChI=1S/C28H25Cl3N2O3/c29-21-10-13-32-24-14-17(6-7-19(21)24)28(34)11-8-18(9-12-28)35-15-20-26(33-36-27(20)16-4-5-16)25-22(30)2-1-3-23(25)31/h1-3,6-7,10,13-14,16,18,34H,4-5,8-9,11-12,15H2/t18-,28+. The Labute approximate surface area is 224 Å². The highest BCUT2D eigenvalue weighted by Gasteiger charge is 2.37. The fourth-order valence-corrected chi connectivity index (χ4v) is 5.97. The summed E-state index contributed by atoms with van der Waals surface area (Å²) in [7, 11) is 0. The maximum Gasteiger partial charge on any atom is 0.145 e. The molecular weight excluding hydrogens is 519 g/mol. The number of aromatic nitrogens is 2. The zero-order chi connectivity index (χ0) is 24.9. The van der Waals surface area contributed by atoms with Crippen LogP contribution in [0.15, 0.2) is 53.2 Å². The maximum atomic E-state index is 11.4. The molecule has 2 aliphatic rings. The number of benzene rings is 2. The fraction of sp³-hybridized carbons (Fsp3) is 0.357. The van der Waals surface area contributed by atoms with Crippen LogP contribution >= 0.6 is 34.8 Å². The van der Waals surface area contributed by atoms with Crippen molar-refractivity contribution < 1.29 is 14.4 Å². The monoisotopic (exact) mass is 542 g/mol. The number of fused-ring (bicyclic) bond motifs is 1. The Bertz CT molecular complexity index is 1400. The van der Waals surface area contributed by atoms with Crippen molar-refractivity contribution in [1.82, 2.24) is 10.1 Å². The van der Waals surface area contributed by atoms with E-state index >= 15 is 0 Å². The maximum absolute atomic E-state index is 11.4. The van der Waals surface area contributed by atoms with Crippen molar-refractivity contribution in [2.75, 3.05) is 0 Å². The summed E-state index contributed by atoms with van der Waals surface area (Å²) in [5.74, 6) is 1.24. The Kier molecular flexibility index (Phi) is 6.47. The van der Waals surface area contributed by atoms with Crippen molar-refractivity contribution in [3.63, 3.8) is 0 Å². The van der Waals surface area contributed by atoms with E-state index in [1.54, 1.807) is 24.4 Å². The molecule has 36 heavy (non-hydrogen) atoms. The van der Waals surface area contributed by atoms with Gasteiger partial charge in [-0.2, -0.15) is 0 Å². The first-order chi connectivity index (χ1) is 17.4. The topological polar surface area (TPSA) is 68.4 Å². The van der Waals surface area contributed by atoms with Crippen LogP contribution in [-0.4, -0.2) is 21.4 Å². The van der Waals surface area contributed by atoms with Gasteiger partial charge < -0.3 is 14.4 Å². The summed E-state index contributed by atoms with van der Waals surface area (Å²) in [4.78, 5) is 4.42. The van der Waals surface area contributed by atoms with E-state index in [1.165, 1.54) is 0 Å². The number of hydrogen-bond acceptors (Lipinski definition) is 5. The first-order valence-electron chi connectivity index (χ1n) is 12.2. The summed E-state index contributed by atoms with van der Waals surface area (Å²) >= 11 is 19.2. The lowest BCUT2D eigenvalue weighted by Gasteiger charge is -2.36. The molecule has 2 heterocycles. The normalized spacial score (nSPS) is 22.3. The second-order valence-electron chi connectivity index (χ2n) is 9.81. The zero-order valence-corrected chi connectivity index (χ0v) is 21.8. The SMILES string of the molecule is O[C@]1(c2ccc3c(Cl)ccnc3c2)CC[C@H](OCc2c(-c3c(Cl)cccc3Cl)noc2C2CC2)CC1. The van der Waals surface area contributed by atoms with Crippen LogP contribution in [0.4, 0.5) is 0 Å². The molecule has 8 heteroatoms. The minimum Gasteiger partial charge on any atom is -0.385 e. The molecular formula is C28H25Cl3N2O3. The smallest absolute Gasteiger partial charge is 0.145 e. The predicted molar refractivity (Wildman–Crippen MR) is 142 cm³/mol. The summed E-state index contributed by atoms with van der Waals surface area (Å²) < 4.78 is 12.1. The molecule has 0 bridgehead atoms. The van der Waals surface area contributed by atoms with Crippen LogP contribution in [-0.2, 0) is 16.9 Å². The van der Waals surface area contributed by atoms with Gasteiger partial charge in [-0.05, 0) is 68.4 Å². The molecule has 186 valence electrons. The molecule has 6 rings (SSSR count). The summed E-state index contributed by atoms with van der Waals surface area (Å²) in [6.07, 6.45) is 6.56. The average Bonchev–Trinajstić information content (AvgIpc) is 3.64. The summed E-state index contributed by atoms with van der Waals surface area (Å²) in [5.41, 5.74) is 3.00. The molecule has 1 N–H and O–H groups in total. The third-order valence-electron chi connectivity index (χ3n) is 7.42. The van der Waals surface area contributed by atoms with Crippen LogP contribution in [0.5, 0.6) is 0 Å². The third kappa shape index (κ3) is 4.52. The molecule has 2 saturated carbocycles. The fourth-order valence-electron chi connectivity index (χ4n) is 5.18. The summed E-state index contributed by atoms with van der Waals surface area (Å²) in [6.45, 7) is 0.369. The van der Waals surface area contributed by atoms with Gasteiger partial charge in [0.15, 0.2) is 0 Å². The van der Waals surface area contributed by atoms with Gasteiger partial charge in [0.25, 0.3) is 0 Å². The first kappa shape index (κ1) is 24.2. The third-order valence-corrected chi connectivity index (χ3v) is 8.38. The summed E-state index contributed by atoms with van der Waals surface area (Å²) in [5, 5.41) is 18.4. The highest BCUT2D eigenvalue weighted by Crippen LogP contribution is 2.46. The van der Waals surface area contributed by atoms with E-state index in [1.807, 2.05) is 24.3 Å². The molecule has 5 nitrogen and oxygen atoms in total. The van der Waals surface area contributed by atoms with Gasteiger partial charge in [-0.15, -0.1) is 0 Å². The Balaban J connectivity index is 1.18. The van der Waals surface area contributed by atoms with Crippen LogP contribution in [0.2, 0.25) is 15.1 Å². The van der Waals surface area contributed by atoms with Crippen molar-refractivity contribution in [2.45, 2.75) is 62.8 Å². The van der Waals surface area contributed by atoms with E-state index < -0.39 is 5.60 Å². The number of pyridine rings is 1. The van der Waals surface area contributed by atoms with Gasteiger partial charge >= 0.3 is 0 Å². The van der Waals surface area contributed by atoms with Crippen molar-refractivity contribution in [2.24, 2.45) is 0 Å². The zero-order valence-electron chi connectivity index (χ0n) is 19.5. The second kappa shape index (κ2) is 9.62. The average molecular weight is 544 g/mol. The van der Waals surface area contributed by atoms with Crippen molar-refractivity contribution in [1.29, 1.82) is 0 Å². The lowest BCUT2D eigenvalue weighted by molar-refractivity contribution is -0.0640. The number of ether oxygens (including phenoxy) is 1. The molecule has 2 fully saturated rings. The Morgan fingerprint density at radius 1 is 0.972 bits per heavy atom. The van der Waals surface area contributed by atoms with Crippen LogP contribution in [0.25, 0.3) is 22.2 Å². The van der Waals surface area contributed by atoms with Crippen LogP contribution in [0.3, 0.4) is 0 Å². The molecule has 0 spiro atoms. The van der Waals surface area contributed by atoms with Crippen LogP contribution < -0.4 is 0 Å². The highest BCUT2D eigenvalue weighted by molar-refractivity contribution is 6.39. The number of hydrogen-bond donors (Lipinski definition) is 1. The summed E-state index contributed by atoms with van der Waals surface area (Å²) in [6, 6.07) is 13.0. The number of nitrogens with zero attached hydrogens (tertiary/aromatic N) is 2. The minimum absolute atomic E-state index is 0.0230. The predicted octanol–water partition coefficient (Wildman–Crippen LogP) is 8.07. The molecule has 0 amide bonds. The molecule has 0 radical (unpaired) electrons. The Morgan fingerprint density at radius 2 is 1.72 bits per heavy atom. The van der Waals surface area contributed by atoms with Crippen molar-refractivity contribution in [3.8, 4) is 11.3 Å². The largest absolute Gasteiger partial charge is 0.385 e. The van der Waals surface area contributed by atoms with Crippen LogP contribution in [0, 0.1) is 0 Å². The quantitative estimate of drug-likeness (QED) is 0.266. The number of halogens is 3. The number of aliphatic hydroxyl groups is 1. The molecule has 2 aromatic carbocycles. The van der Waals surface area contributed by atoms with Gasteiger partial charge in [0.05, 0.1) is 38.9 Å². The second-order valence-corrected chi connectivity index (χ2v) is 11.0. The molecule has 0 atom stereocenters. The van der Waals surface area contributed by atoms with Gasteiger partial charge in [0.2, 0.25) is 0 Å². The van der Waals surface area contributed by atoms with Crippen LogP contribution in [0.1, 0.15) is 61.3 Å². The van der Waals surface area contributed by atoms with Gasteiger partial charge in [0, 0.05) is 28.6 Å². The minimum atomic E-state index is -0.912. The van der Waals surface area contributed by atoms with Crippen molar-refractivity contribution >= 4 is 45.7 Å². The van der Waals surface area contributed by atoms with E-state index in [4.69, 9.17) is 44.1 Å². The lowest BCUT2D eigenvalue weighted by Crippen LogP contribution is -2.34. The molecule has 0 aliphatic heterocycles. The molecule has 2 aliphatic carbocycles. The Morgan fingerprint density at radius 3 is 2.44 bits per heavy atom. The van der Waals surface area contributed by atoms with E-state index in [9.17, 15) is 5.11 Å². The van der Waals surface area contributed by atoms with E-state index in [0.29, 0.717) is 51.7 Å². The molecule has 0 saturated heterocycles. The highest BCUT2D eigenvalue weighted by atomic mass is 35.5. The van der Waals surface area contributed by atoms with Gasteiger partial charge in [-0.25, -0.2) is 0 Å². The van der Waals surface area contributed by atoms with Crippen molar-refractivity contribution in [3.05, 3.63) is 80.6 Å². The van der Waals surface area contributed by atoms with Gasteiger partial charge in [-0.3, -0.25) is 4.98 Å². The molecule has 4 aromatic rings. The first-order valence-corrected chi connectivity index (χ1v) is 13.4. The molecule has 2 aromatic heterocycles.